The second-order valence-electron chi connectivity index (χ2n) is 6.15. The molecule has 8 heteroatoms. The summed E-state index contributed by atoms with van der Waals surface area (Å²) in [5, 5.41) is 12.1. The van der Waals surface area contributed by atoms with E-state index < -0.39 is 0 Å². The fraction of sp³-hybridized carbons (Fsp3) is 0.263. The van der Waals surface area contributed by atoms with Gasteiger partial charge in [-0.1, -0.05) is 0 Å². The van der Waals surface area contributed by atoms with Crippen molar-refractivity contribution in [2.45, 2.75) is 12.8 Å². The highest BCUT2D eigenvalue weighted by Crippen LogP contribution is 2.33. The van der Waals surface area contributed by atoms with Crippen LogP contribution in [0.2, 0.25) is 0 Å². The number of hydrogen-bond donors (Lipinski definition) is 2. The van der Waals surface area contributed by atoms with Gasteiger partial charge in [0.1, 0.15) is 11.5 Å². The first-order valence-corrected chi connectivity index (χ1v) is 10.6. The van der Waals surface area contributed by atoms with E-state index in [1.165, 1.54) is 0 Å². The summed E-state index contributed by atoms with van der Waals surface area (Å²) in [5.41, 5.74) is 1.05. The number of aromatic hydroxyl groups is 1. The van der Waals surface area contributed by atoms with Crippen LogP contribution in [-0.4, -0.2) is 41.5 Å². The number of ether oxygens (including phenoxy) is 1. The number of phenols is 1. The molecule has 1 aliphatic rings. The van der Waals surface area contributed by atoms with Crippen molar-refractivity contribution in [2.75, 3.05) is 19.6 Å². The van der Waals surface area contributed by atoms with Crippen LogP contribution in [0.1, 0.15) is 12.0 Å². The molecule has 2 amide bonds. The van der Waals surface area contributed by atoms with Gasteiger partial charge in [0, 0.05) is 19.5 Å². The Hall–Kier alpha value is -1.56. The highest BCUT2D eigenvalue weighted by Gasteiger charge is 2.21. The molecule has 1 aliphatic heterocycles. The summed E-state index contributed by atoms with van der Waals surface area (Å²) >= 11 is 4.44. The number of nitrogens with zero attached hydrogens (tertiary/aromatic N) is 1. The number of benzene rings is 2. The molecule has 0 atom stereocenters. The van der Waals surface area contributed by atoms with Crippen LogP contribution >= 0.6 is 45.2 Å². The van der Waals surface area contributed by atoms with Gasteiger partial charge in [-0.25, -0.2) is 0 Å². The fourth-order valence-electron chi connectivity index (χ4n) is 2.75. The lowest BCUT2D eigenvalue weighted by atomic mass is 10.1. The van der Waals surface area contributed by atoms with Crippen molar-refractivity contribution in [3.8, 4) is 17.2 Å². The Morgan fingerprint density at radius 1 is 1.19 bits per heavy atom. The van der Waals surface area contributed by atoms with Gasteiger partial charge in [0.2, 0.25) is 11.8 Å². The SMILES string of the molecule is O=C1CN(C(=O)CCc2cc(I)c(Oc3ccc(O)cc3)c(I)c2)CCN1. The molecular weight excluding hydrogens is 574 g/mol. The molecule has 0 aliphatic carbocycles. The summed E-state index contributed by atoms with van der Waals surface area (Å²) in [6.45, 7) is 1.23. The first-order valence-electron chi connectivity index (χ1n) is 8.41. The zero-order chi connectivity index (χ0) is 19.4. The van der Waals surface area contributed by atoms with Crippen molar-refractivity contribution in [1.29, 1.82) is 0 Å². The summed E-state index contributed by atoms with van der Waals surface area (Å²) in [4.78, 5) is 25.3. The fourth-order valence-corrected chi connectivity index (χ4v) is 4.86. The molecule has 0 aromatic heterocycles. The van der Waals surface area contributed by atoms with Crippen molar-refractivity contribution < 1.29 is 19.4 Å². The van der Waals surface area contributed by atoms with Crippen LogP contribution in [0.4, 0.5) is 0 Å². The van der Waals surface area contributed by atoms with Gasteiger partial charge in [0.25, 0.3) is 0 Å². The number of piperazine rings is 1. The van der Waals surface area contributed by atoms with Gasteiger partial charge in [-0.3, -0.25) is 9.59 Å². The number of carbonyl (C=O) groups is 2. The standard InChI is InChI=1S/C19H18I2N2O4/c20-15-9-12(1-6-18(26)23-8-7-22-17(25)11-23)10-16(21)19(15)27-14-4-2-13(24)3-5-14/h2-5,9-10,24H,1,6-8,11H2,(H,22,25). The number of carbonyl (C=O) groups excluding carboxylic acids is 2. The minimum Gasteiger partial charge on any atom is -0.508 e. The summed E-state index contributed by atoms with van der Waals surface area (Å²) in [6, 6.07) is 10.6. The zero-order valence-electron chi connectivity index (χ0n) is 14.4. The molecule has 3 rings (SSSR count). The molecule has 0 spiro atoms. The third kappa shape index (κ3) is 5.47. The minimum absolute atomic E-state index is 0.000661. The Kier molecular flexibility index (Phi) is 6.79. The molecule has 2 N–H and O–H groups in total. The van der Waals surface area contributed by atoms with E-state index in [4.69, 9.17) is 4.74 Å². The molecule has 6 nitrogen and oxygen atoms in total. The number of nitrogens with one attached hydrogen (secondary N) is 1. The summed E-state index contributed by atoms with van der Waals surface area (Å²) in [5.74, 6) is 1.49. The molecule has 1 heterocycles. The van der Waals surface area contributed by atoms with Crippen LogP contribution in [0.5, 0.6) is 17.2 Å². The maximum Gasteiger partial charge on any atom is 0.239 e. The van der Waals surface area contributed by atoms with Gasteiger partial charge in [0.15, 0.2) is 5.75 Å². The molecule has 1 fully saturated rings. The number of aryl methyl sites for hydroxylation is 1. The molecule has 2 aromatic carbocycles. The van der Waals surface area contributed by atoms with Crippen molar-refractivity contribution in [2.24, 2.45) is 0 Å². The lowest BCUT2D eigenvalue weighted by molar-refractivity contribution is -0.138. The Balaban J connectivity index is 1.64. The zero-order valence-corrected chi connectivity index (χ0v) is 18.7. The Morgan fingerprint density at radius 3 is 2.48 bits per heavy atom. The lowest BCUT2D eigenvalue weighted by Gasteiger charge is -2.26. The van der Waals surface area contributed by atoms with Crippen LogP contribution < -0.4 is 10.1 Å². The van der Waals surface area contributed by atoms with Gasteiger partial charge < -0.3 is 20.1 Å². The summed E-state index contributed by atoms with van der Waals surface area (Å²) < 4.78 is 7.84. The second kappa shape index (κ2) is 9.09. The molecule has 0 bridgehead atoms. The summed E-state index contributed by atoms with van der Waals surface area (Å²) in [6.07, 6.45) is 0.986. The van der Waals surface area contributed by atoms with E-state index in [1.54, 1.807) is 29.2 Å². The normalized spacial score (nSPS) is 14.0. The van der Waals surface area contributed by atoms with Crippen LogP contribution in [0.15, 0.2) is 36.4 Å². The molecule has 0 saturated carbocycles. The number of rotatable bonds is 5. The topological polar surface area (TPSA) is 78.9 Å². The average Bonchev–Trinajstić information content (AvgIpc) is 2.64. The summed E-state index contributed by atoms with van der Waals surface area (Å²) in [7, 11) is 0. The Morgan fingerprint density at radius 2 is 1.85 bits per heavy atom. The molecule has 0 radical (unpaired) electrons. The smallest absolute Gasteiger partial charge is 0.239 e. The van der Waals surface area contributed by atoms with Gasteiger partial charge in [-0.05, 0) is 93.6 Å². The maximum atomic E-state index is 12.3. The second-order valence-corrected chi connectivity index (χ2v) is 8.47. The van der Waals surface area contributed by atoms with Crippen molar-refractivity contribution in [3.05, 3.63) is 49.1 Å². The number of hydrogen-bond acceptors (Lipinski definition) is 4. The van der Waals surface area contributed by atoms with Crippen molar-refractivity contribution in [3.63, 3.8) is 0 Å². The number of halogens is 2. The highest BCUT2D eigenvalue weighted by atomic mass is 127. The third-order valence-electron chi connectivity index (χ3n) is 4.13. The van der Waals surface area contributed by atoms with E-state index in [0.29, 0.717) is 31.7 Å². The average molecular weight is 592 g/mol. The predicted molar refractivity (Wildman–Crippen MR) is 118 cm³/mol. The molecule has 0 unspecified atom stereocenters. The minimum atomic E-state index is -0.102. The lowest BCUT2D eigenvalue weighted by Crippen LogP contribution is -2.50. The van der Waals surface area contributed by atoms with Gasteiger partial charge >= 0.3 is 0 Å². The number of phenolic OH excluding ortho intramolecular Hbond substituents is 1. The first-order chi connectivity index (χ1) is 12.9. The molecule has 1 saturated heterocycles. The highest BCUT2D eigenvalue weighted by molar-refractivity contribution is 14.1. The third-order valence-corrected chi connectivity index (χ3v) is 5.74. The first kappa shape index (κ1) is 20.2. The van der Waals surface area contributed by atoms with E-state index >= 15 is 0 Å². The number of amides is 2. The van der Waals surface area contributed by atoms with E-state index in [-0.39, 0.29) is 24.1 Å². The van der Waals surface area contributed by atoms with Crippen LogP contribution in [0.3, 0.4) is 0 Å². The van der Waals surface area contributed by atoms with Gasteiger partial charge in [0.05, 0.1) is 13.7 Å². The molecule has 2 aromatic rings. The van der Waals surface area contributed by atoms with Crippen LogP contribution in [-0.2, 0) is 16.0 Å². The molecular formula is C19H18I2N2O4. The quantitative estimate of drug-likeness (QED) is 0.523. The predicted octanol–water partition coefficient (Wildman–Crippen LogP) is 3.28. The molecule has 142 valence electrons. The van der Waals surface area contributed by atoms with E-state index in [2.05, 4.69) is 50.5 Å². The van der Waals surface area contributed by atoms with Crippen LogP contribution in [0.25, 0.3) is 0 Å². The van der Waals surface area contributed by atoms with Crippen LogP contribution in [0, 0.1) is 7.14 Å². The van der Waals surface area contributed by atoms with Crippen molar-refractivity contribution >= 4 is 57.0 Å². The van der Waals surface area contributed by atoms with E-state index in [1.807, 2.05) is 12.1 Å². The van der Waals surface area contributed by atoms with E-state index in [0.717, 1.165) is 18.5 Å². The van der Waals surface area contributed by atoms with Gasteiger partial charge in [-0.2, -0.15) is 0 Å². The van der Waals surface area contributed by atoms with Crippen molar-refractivity contribution in [1.82, 2.24) is 10.2 Å². The Bertz CT molecular complexity index is 832. The maximum absolute atomic E-state index is 12.3. The van der Waals surface area contributed by atoms with E-state index in [9.17, 15) is 14.7 Å². The molecule has 27 heavy (non-hydrogen) atoms. The van der Waals surface area contributed by atoms with Gasteiger partial charge in [-0.15, -0.1) is 0 Å². The Labute approximate surface area is 184 Å². The largest absolute Gasteiger partial charge is 0.508 e. The monoisotopic (exact) mass is 592 g/mol.